The molecule has 0 aromatic carbocycles. The van der Waals surface area contributed by atoms with E-state index in [0.29, 0.717) is 4.47 Å². The van der Waals surface area contributed by atoms with Crippen LogP contribution in [0.2, 0.25) is 5.15 Å². The average molecular weight is 384 g/mol. The first kappa shape index (κ1) is 15.6. The van der Waals surface area contributed by atoms with Crippen molar-refractivity contribution in [2.75, 3.05) is 26.2 Å². The van der Waals surface area contributed by atoms with Crippen molar-refractivity contribution in [3.8, 4) is 0 Å². The van der Waals surface area contributed by atoms with E-state index >= 15 is 0 Å². The lowest BCUT2D eigenvalue weighted by Gasteiger charge is -2.33. The summed E-state index contributed by atoms with van der Waals surface area (Å²) >= 11 is 9.13. The number of nitrogens with two attached hydrogens (primary N) is 1. The first-order valence-corrected chi connectivity index (χ1v) is 8.34. The van der Waals surface area contributed by atoms with Gasteiger partial charge in [-0.15, -0.1) is 0 Å². The number of carbonyl (C=O) groups is 1. The highest BCUT2D eigenvalue weighted by molar-refractivity contribution is 9.10. The topological polar surface area (TPSA) is 96.6 Å². The minimum absolute atomic E-state index is 0.118. The first-order chi connectivity index (χ1) is 9.29. The van der Waals surface area contributed by atoms with E-state index in [9.17, 15) is 13.2 Å². The largest absolute Gasteiger partial charge is 0.336 e. The Labute approximate surface area is 130 Å². The monoisotopic (exact) mass is 382 g/mol. The van der Waals surface area contributed by atoms with Crippen molar-refractivity contribution in [2.45, 2.75) is 0 Å². The summed E-state index contributed by atoms with van der Waals surface area (Å²) in [5.41, 5.74) is 0.282. The highest BCUT2D eigenvalue weighted by Crippen LogP contribution is 2.20. The maximum absolute atomic E-state index is 12.3. The molecular formula is C10H12BrClN4O3S. The van der Waals surface area contributed by atoms with E-state index in [4.69, 9.17) is 16.7 Å². The van der Waals surface area contributed by atoms with Crippen molar-refractivity contribution < 1.29 is 13.2 Å². The SMILES string of the molecule is NS(=O)(=O)N1CCN(C(=O)c2cc(Br)cnc2Cl)CC1. The molecule has 0 bridgehead atoms. The van der Waals surface area contributed by atoms with Crippen molar-refractivity contribution >= 4 is 43.6 Å². The van der Waals surface area contributed by atoms with E-state index in [1.807, 2.05) is 0 Å². The molecule has 0 radical (unpaired) electrons. The molecule has 1 amide bonds. The molecule has 1 aliphatic rings. The summed E-state index contributed by atoms with van der Waals surface area (Å²) in [6.45, 7) is 0.865. The van der Waals surface area contributed by atoms with Crippen LogP contribution in [0.15, 0.2) is 16.7 Å². The number of hydrogen-bond donors (Lipinski definition) is 1. The number of hydrogen-bond acceptors (Lipinski definition) is 4. The lowest BCUT2D eigenvalue weighted by Crippen LogP contribution is -2.52. The Kier molecular flexibility index (Phi) is 4.65. The molecule has 2 rings (SSSR count). The van der Waals surface area contributed by atoms with E-state index in [2.05, 4.69) is 20.9 Å². The molecule has 20 heavy (non-hydrogen) atoms. The Morgan fingerprint density at radius 3 is 2.50 bits per heavy atom. The second-order valence-electron chi connectivity index (χ2n) is 4.23. The minimum atomic E-state index is -3.71. The van der Waals surface area contributed by atoms with Crippen LogP contribution in [0.3, 0.4) is 0 Å². The van der Waals surface area contributed by atoms with Gasteiger partial charge in [-0.2, -0.15) is 12.7 Å². The zero-order chi connectivity index (χ0) is 14.9. The number of piperazine rings is 1. The Hall–Kier alpha value is -0.740. The van der Waals surface area contributed by atoms with Crippen molar-refractivity contribution in [3.63, 3.8) is 0 Å². The summed E-state index contributed by atoms with van der Waals surface area (Å²) in [5.74, 6) is -0.280. The van der Waals surface area contributed by atoms with E-state index in [1.54, 1.807) is 6.07 Å². The van der Waals surface area contributed by atoms with Crippen LogP contribution < -0.4 is 5.14 Å². The quantitative estimate of drug-likeness (QED) is 0.750. The smallest absolute Gasteiger partial charge is 0.277 e. The molecule has 0 spiro atoms. The predicted molar refractivity (Wildman–Crippen MR) is 77.5 cm³/mol. The van der Waals surface area contributed by atoms with Crippen LogP contribution in [0.4, 0.5) is 0 Å². The maximum atomic E-state index is 12.3. The van der Waals surface area contributed by atoms with Crippen LogP contribution in [0, 0.1) is 0 Å². The van der Waals surface area contributed by atoms with E-state index < -0.39 is 10.2 Å². The fourth-order valence-corrected chi connectivity index (χ4v) is 3.08. The van der Waals surface area contributed by atoms with Gasteiger partial charge in [0.05, 0.1) is 5.56 Å². The lowest BCUT2D eigenvalue weighted by molar-refractivity contribution is 0.0697. The van der Waals surface area contributed by atoms with Gasteiger partial charge >= 0.3 is 0 Å². The third-order valence-corrected chi connectivity index (χ3v) is 4.74. The standard InChI is InChI=1S/C10H12BrClN4O3S/c11-7-5-8(9(12)14-6-7)10(17)15-1-3-16(4-2-15)20(13,18)19/h5-6H,1-4H2,(H2,13,18,19). The van der Waals surface area contributed by atoms with Gasteiger partial charge in [0.2, 0.25) is 0 Å². The molecule has 0 atom stereocenters. The Morgan fingerprint density at radius 1 is 1.35 bits per heavy atom. The molecule has 1 aliphatic heterocycles. The van der Waals surface area contributed by atoms with Crippen molar-refractivity contribution in [1.29, 1.82) is 0 Å². The third-order valence-electron chi connectivity index (χ3n) is 2.92. The summed E-state index contributed by atoms with van der Waals surface area (Å²) in [6, 6.07) is 1.59. The molecule has 1 aromatic heterocycles. The molecule has 0 unspecified atom stereocenters. The average Bonchev–Trinajstić information content (AvgIpc) is 2.40. The van der Waals surface area contributed by atoms with Gasteiger partial charge in [-0.3, -0.25) is 4.79 Å². The fourth-order valence-electron chi connectivity index (χ4n) is 1.89. The Balaban J connectivity index is 2.11. The summed E-state index contributed by atoms with van der Waals surface area (Å²) in [4.78, 5) is 17.7. The zero-order valence-electron chi connectivity index (χ0n) is 10.3. The summed E-state index contributed by atoms with van der Waals surface area (Å²) in [6.07, 6.45) is 1.50. The van der Waals surface area contributed by atoms with Crippen molar-refractivity contribution in [1.82, 2.24) is 14.2 Å². The summed E-state index contributed by atoms with van der Waals surface area (Å²) in [7, 11) is -3.71. The molecule has 1 saturated heterocycles. The molecule has 110 valence electrons. The molecule has 10 heteroatoms. The number of aromatic nitrogens is 1. The van der Waals surface area contributed by atoms with Crippen LogP contribution in [-0.2, 0) is 10.2 Å². The summed E-state index contributed by atoms with van der Waals surface area (Å²) in [5, 5.41) is 5.16. The molecule has 1 fully saturated rings. The number of nitrogens with zero attached hydrogens (tertiary/aromatic N) is 3. The normalized spacial score (nSPS) is 17.2. The molecular weight excluding hydrogens is 372 g/mol. The molecule has 0 aliphatic carbocycles. The van der Waals surface area contributed by atoms with Gasteiger partial charge in [0.1, 0.15) is 5.15 Å². The van der Waals surface area contributed by atoms with Crippen LogP contribution in [0.5, 0.6) is 0 Å². The minimum Gasteiger partial charge on any atom is -0.336 e. The summed E-state index contributed by atoms with van der Waals surface area (Å²) < 4.78 is 24.2. The van der Waals surface area contributed by atoms with Gasteiger partial charge in [-0.25, -0.2) is 10.1 Å². The van der Waals surface area contributed by atoms with Gasteiger partial charge in [-0.1, -0.05) is 11.6 Å². The number of amides is 1. The third kappa shape index (κ3) is 3.47. The number of rotatable bonds is 2. The molecule has 2 N–H and O–H groups in total. The van der Waals surface area contributed by atoms with Crippen molar-refractivity contribution in [3.05, 3.63) is 27.5 Å². The van der Waals surface area contributed by atoms with Gasteiger partial charge < -0.3 is 4.90 Å². The first-order valence-electron chi connectivity index (χ1n) is 5.67. The van der Waals surface area contributed by atoms with Gasteiger partial charge in [-0.05, 0) is 22.0 Å². The second-order valence-corrected chi connectivity index (χ2v) is 7.05. The van der Waals surface area contributed by atoms with Gasteiger partial charge in [0.15, 0.2) is 0 Å². The predicted octanol–water partition coefficient (Wildman–Crippen LogP) is 0.459. The van der Waals surface area contributed by atoms with Crippen LogP contribution in [0.25, 0.3) is 0 Å². The van der Waals surface area contributed by atoms with E-state index in [-0.39, 0.29) is 42.8 Å². The number of halogens is 2. The highest BCUT2D eigenvalue weighted by atomic mass is 79.9. The van der Waals surface area contributed by atoms with E-state index in [1.165, 1.54) is 11.1 Å². The molecule has 1 aromatic rings. The number of pyridine rings is 1. The zero-order valence-corrected chi connectivity index (χ0v) is 13.4. The fraction of sp³-hybridized carbons (Fsp3) is 0.400. The Morgan fingerprint density at radius 2 is 1.95 bits per heavy atom. The second kappa shape index (κ2) is 5.94. The number of carbonyl (C=O) groups excluding carboxylic acids is 1. The van der Waals surface area contributed by atoms with Crippen molar-refractivity contribution in [2.24, 2.45) is 5.14 Å². The lowest BCUT2D eigenvalue weighted by atomic mass is 10.2. The highest BCUT2D eigenvalue weighted by Gasteiger charge is 2.28. The van der Waals surface area contributed by atoms with Gasteiger partial charge in [0, 0.05) is 36.8 Å². The van der Waals surface area contributed by atoms with Gasteiger partial charge in [0.25, 0.3) is 16.1 Å². The van der Waals surface area contributed by atoms with E-state index in [0.717, 1.165) is 4.31 Å². The molecule has 7 nitrogen and oxygen atoms in total. The van der Waals surface area contributed by atoms with Crippen LogP contribution in [0.1, 0.15) is 10.4 Å². The Bertz CT molecular complexity index is 631. The maximum Gasteiger partial charge on any atom is 0.277 e. The van der Waals surface area contributed by atoms with Crippen LogP contribution >= 0.6 is 27.5 Å². The molecule has 0 saturated carbocycles. The van der Waals surface area contributed by atoms with Crippen LogP contribution in [-0.4, -0.2) is 54.7 Å². The molecule has 2 heterocycles.